The molecule has 94 valence electrons. The summed E-state index contributed by atoms with van der Waals surface area (Å²) in [6, 6.07) is 5.06. The predicted octanol–water partition coefficient (Wildman–Crippen LogP) is 2.90. The van der Waals surface area contributed by atoms with E-state index in [4.69, 9.17) is 0 Å². The summed E-state index contributed by atoms with van der Waals surface area (Å²) in [7, 11) is 0. The van der Waals surface area contributed by atoms with E-state index in [0.717, 1.165) is 17.8 Å². The van der Waals surface area contributed by atoms with Crippen molar-refractivity contribution in [2.75, 3.05) is 4.90 Å². The van der Waals surface area contributed by atoms with E-state index in [1.54, 1.807) is 13.1 Å². The van der Waals surface area contributed by atoms with Crippen molar-refractivity contribution in [2.24, 2.45) is 0 Å². The van der Waals surface area contributed by atoms with Crippen LogP contribution in [0.15, 0.2) is 18.3 Å². The molecular formula is C14H22N2O. The molecule has 1 N–H and O–H groups in total. The maximum atomic E-state index is 9.63. The Kier molecular flexibility index (Phi) is 3.67. The summed E-state index contributed by atoms with van der Waals surface area (Å²) in [6.07, 6.45) is 5.02. The molecular weight excluding hydrogens is 212 g/mol. The molecule has 0 radical (unpaired) electrons. The van der Waals surface area contributed by atoms with Gasteiger partial charge in [0.15, 0.2) is 0 Å². The Bertz CT molecular complexity index is 378. The summed E-state index contributed by atoms with van der Waals surface area (Å²) in [5, 5.41) is 9.63. The molecule has 0 saturated carbocycles. The normalized spacial score (nSPS) is 26.2. The zero-order valence-corrected chi connectivity index (χ0v) is 10.9. The largest absolute Gasteiger partial charge is 0.389 e. The number of anilines is 1. The molecule has 0 spiro atoms. The van der Waals surface area contributed by atoms with Crippen molar-refractivity contribution in [3.63, 3.8) is 0 Å². The standard InChI is InChI=1S/C14H22N2O/c1-4-13-6-5-10(2)16(13)14-9-12(11(3)17)7-8-15-14/h7-11,13,17H,4-6H2,1-3H3/t10?,11-,13?/m0/s1. The summed E-state index contributed by atoms with van der Waals surface area (Å²) < 4.78 is 0. The SMILES string of the molecule is CCC1CCC(C)N1c1cc([C@H](C)O)ccn1. The van der Waals surface area contributed by atoms with Gasteiger partial charge in [-0.25, -0.2) is 4.98 Å². The van der Waals surface area contributed by atoms with E-state index in [0.29, 0.717) is 12.1 Å². The molecule has 1 aromatic heterocycles. The van der Waals surface area contributed by atoms with Crippen molar-refractivity contribution < 1.29 is 5.11 Å². The van der Waals surface area contributed by atoms with Crippen LogP contribution in [0.5, 0.6) is 0 Å². The average Bonchev–Trinajstić information content (AvgIpc) is 2.70. The van der Waals surface area contributed by atoms with Gasteiger partial charge >= 0.3 is 0 Å². The number of rotatable bonds is 3. The molecule has 0 aliphatic carbocycles. The second-order valence-electron chi connectivity index (χ2n) is 5.02. The second kappa shape index (κ2) is 5.05. The molecule has 3 heteroatoms. The summed E-state index contributed by atoms with van der Waals surface area (Å²) in [4.78, 5) is 6.88. The molecule has 1 fully saturated rings. The van der Waals surface area contributed by atoms with E-state index >= 15 is 0 Å². The molecule has 0 aromatic carbocycles. The van der Waals surface area contributed by atoms with Crippen molar-refractivity contribution in [3.05, 3.63) is 23.9 Å². The average molecular weight is 234 g/mol. The van der Waals surface area contributed by atoms with Crippen LogP contribution in [0.2, 0.25) is 0 Å². The highest BCUT2D eigenvalue weighted by atomic mass is 16.3. The molecule has 3 nitrogen and oxygen atoms in total. The lowest BCUT2D eigenvalue weighted by molar-refractivity contribution is 0.199. The van der Waals surface area contributed by atoms with Crippen molar-refractivity contribution in [2.45, 2.75) is 58.2 Å². The van der Waals surface area contributed by atoms with Gasteiger partial charge in [-0.2, -0.15) is 0 Å². The Morgan fingerprint density at radius 3 is 2.94 bits per heavy atom. The Balaban J connectivity index is 2.29. The number of aliphatic hydroxyl groups excluding tert-OH is 1. The van der Waals surface area contributed by atoms with Crippen molar-refractivity contribution in [1.29, 1.82) is 0 Å². The second-order valence-corrected chi connectivity index (χ2v) is 5.02. The molecule has 0 amide bonds. The molecule has 3 atom stereocenters. The zero-order valence-electron chi connectivity index (χ0n) is 10.9. The maximum Gasteiger partial charge on any atom is 0.129 e. The number of nitrogens with zero attached hydrogens (tertiary/aromatic N) is 2. The van der Waals surface area contributed by atoms with Gasteiger partial charge in [0.05, 0.1) is 6.10 Å². The van der Waals surface area contributed by atoms with Crippen LogP contribution < -0.4 is 4.90 Å². The minimum atomic E-state index is -0.422. The summed E-state index contributed by atoms with van der Waals surface area (Å²) in [5.41, 5.74) is 0.948. The van der Waals surface area contributed by atoms with E-state index < -0.39 is 6.10 Å². The van der Waals surface area contributed by atoms with Crippen molar-refractivity contribution in [3.8, 4) is 0 Å². The fourth-order valence-corrected chi connectivity index (χ4v) is 2.72. The third kappa shape index (κ3) is 2.44. The van der Waals surface area contributed by atoms with Crippen molar-refractivity contribution in [1.82, 2.24) is 4.98 Å². The van der Waals surface area contributed by atoms with Crippen molar-refractivity contribution >= 4 is 5.82 Å². The van der Waals surface area contributed by atoms with Crippen LogP contribution in [0.3, 0.4) is 0 Å². The smallest absolute Gasteiger partial charge is 0.129 e. The van der Waals surface area contributed by atoms with Crippen LogP contribution in [-0.2, 0) is 0 Å². The fraction of sp³-hybridized carbons (Fsp3) is 0.643. The Hall–Kier alpha value is -1.09. The number of aromatic nitrogens is 1. The van der Waals surface area contributed by atoms with E-state index in [1.165, 1.54) is 12.8 Å². The lowest BCUT2D eigenvalue weighted by Crippen LogP contribution is -2.34. The molecule has 2 rings (SSSR count). The first kappa shape index (κ1) is 12.4. The zero-order chi connectivity index (χ0) is 12.4. The van der Waals surface area contributed by atoms with Crippen LogP contribution in [0.4, 0.5) is 5.82 Å². The highest BCUT2D eigenvalue weighted by Gasteiger charge is 2.30. The van der Waals surface area contributed by atoms with Crippen LogP contribution in [0, 0.1) is 0 Å². The van der Waals surface area contributed by atoms with Gasteiger partial charge in [-0.15, -0.1) is 0 Å². The first-order valence-corrected chi connectivity index (χ1v) is 6.55. The Morgan fingerprint density at radius 1 is 1.53 bits per heavy atom. The molecule has 1 aliphatic heterocycles. The minimum absolute atomic E-state index is 0.422. The first-order valence-electron chi connectivity index (χ1n) is 6.55. The fourth-order valence-electron chi connectivity index (χ4n) is 2.72. The quantitative estimate of drug-likeness (QED) is 0.873. The molecule has 1 aromatic rings. The number of pyridine rings is 1. The molecule has 0 bridgehead atoms. The predicted molar refractivity (Wildman–Crippen MR) is 70.1 cm³/mol. The molecule has 2 heterocycles. The number of hydrogen-bond donors (Lipinski definition) is 1. The lowest BCUT2D eigenvalue weighted by Gasteiger charge is -2.29. The van der Waals surface area contributed by atoms with Gasteiger partial charge in [-0.3, -0.25) is 0 Å². The Labute approximate surface area is 103 Å². The minimum Gasteiger partial charge on any atom is -0.389 e. The van der Waals surface area contributed by atoms with Gasteiger partial charge < -0.3 is 10.0 Å². The van der Waals surface area contributed by atoms with Crippen LogP contribution in [0.1, 0.15) is 51.7 Å². The van der Waals surface area contributed by atoms with E-state index in [1.807, 2.05) is 12.1 Å². The Morgan fingerprint density at radius 2 is 2.29 bits per heavy atom. The van der Waals surface area contributed by atoms with Crippen LogP contribution in [-0.4, -0.2) is 22.2 Å². The maximum absolute atomic E-state index is 9.63. The first-order chi connectivity index (χ1) is 8.13. The van der Waals surface area contributed by atoms with Gasteiger partial charge in [-0.05, 0) is 50.8 Å². The van der Waals surface area contributed by atoms with Gasteiger partial charge in [0.1, 0.15) is 5.82 Å². The third-order valence-electron chi connectivity index (χ3n) is 3.77. The van der Waals surface area contributed by atoms with E-state index in [9.17, 15) is 5.11 Å². The number of hydrogen-bond acceptors (Lipinski definition) is 3. The lowest BCUT2D eigenvalue weighted by atomic mass is 10.1. The molecule has 17 heavy (non-hydrogen) atoms. The van der Waals surface area contributed by atoms with Crippen LogP contribution in [0.25, 0.3) is 0 Å². The molecule has 2 unspecified atom stereocenters. The summed E-state index contributed by atoms with van der Waals surface area (Å²) in [6.45, 7) is 6.28. The highest BCUT2D eigenvalue weighted by Crippen LogP contribution is 2.31. The monoisotopic (exact) mass is 234 g/mol. The van der Waals surface area contributed by atoms with Gasteiger partial charge in [0.2, 0.25) is 0 Å². The topological polar surface area (TPSA) is 36.4 Å². The molecule has 1 saturated heterocycles. The summed E-state index contributed by atoms with van der Waals surface area (Å²) >= 11 is 0. The number of aliphatic hydroxyl groups is 1. The van der Waals surface area contributed by atoms with Crippen LogP contribution >= 0.6 is 0 Å². The third-order valence-corrected chi connectivity index (χ3v) is 3.77. The van der Waals surface area contributed by atoms with E-state index in [2.05, 4.69) is 23.7 Å². The van der Waals surface area contributed by atoms with Gasteiger partial charge in [-0.1, -0.05) is 6.92 Å². The van der Waals surface area contributed by atoms with Gasteiger partial charge in [0, 0.05) is 18.3 Å². The molecule has 1 aliphatic rings. The summed E-state index contributed by atoms with van der Waals surface area (Å²) in [5.74, 6) is 1.01. The van der Waals surface area contributed by atoms with E-state index in [-0.39, 0.29) is 0 Å². The van der Waals surface area contributed by atoms with Gasteiger partial charge in [0.25, 0.3) is 0 Å². The highest BCUT2D eigenvalue weighted by molar-refractivity contribution is 5.45.